The first kappa shape index (κ1) is 20.3. The highest BCUT2D eigenvalue weighted by molar-refractivity contribution is 6.34. The summed E-state index contributed by atoms with van der Waals surface area (Å²) in [5.74, 6) is -1.01. The topological polar surface area (TPSA) is 102 Å². The van der Waals surface area contributed by atoms with E-state index in [4.69, 9.17) is 27.2 Å². The van der Waals surface area contributed by atoms with Gasteiger partial charge in [-0.05, 0) is 48.1 Å². The molecule has 2 fully saturated rings. The summed E-state index contributed by atoms with van der Waals surface area (Å²) in [6.07, 6.45) is 2.56. The molecule has 1 saturated heterocycles. The third-order valence-electron chi connectivity index (χ3n) is 5.36. The Kier molecular flexibility index (Phi) is 5.70. The van der Waals surface area contributed by atoms with Crippen LogP contribution in [0.5, 0.6) is 0 Å². The van der Waals surface area contributed by atoms with Crippen LogP contribution in [-0.2, 0) is 4.74 Å². The maximum absolute atomic E-state index is 13.1. The van der Waals surface area contributed by atoms with E-state index in [2.05, 4.69) is 4.99 Å². The number of aliphatic imine (C=N–C) groups is 1. The van der Waals surface area contributed by atoms with Gasteiger partial charge in [0.1, 0.15) is 0 Å². The fourth-order valence-electron chi connectivity index (χ4n) is 3.58. The van der Waals surface area contributed by atoms with Crippen LogP contribution in [0.15, 0.2) is 53.0 Å². The van der Waals surface area contributed by atoms with Gasteiger partial charge in [-0.1, -0.05) is 35.9 Å². The molecule has 3 N–H and O–H groups in total. The Balaban J connectivity index is 1.70. The summed E-state index contributed by atoms with van der Waals surface area (Å²) in [6, 6.07) is 11.8. The summed E-state index contributed by atoms with van der Waals surface area (Å²) in [4.78, 5) is 28.5. The summed E-state index contributed by atoms with van der Waals surface area (Å²) in [5, 5.41) is 9.48. The average Bonchev–Trinajstić information content (AvgIpc) is 3.59. The average molecular weight is 425 g/mol. The second-order valence-electron chi connectivity index (χ2n) is 7.42. The zero-order valence-corrected chi connectivity index (χ0v) is 17.0. The molecule has 0 unspecified atom stereocenters. The molecule has 30 heavy (non-hydrogen) atoms. The Labute approximate surface area is 179 Å². The van der Waals surface area contributed by atoms with E-state index in [-0.39, 0.29) is 18.1 Å². The predicted molar refractivity (Wildman–Crippen MR) is 115 cm³/mol. The smallest absolute Gasteiger partial charge is 0.335 e. The molecule has 4 rings (SSSR count). The van der Waals surface area contributed by atoms with Crippen LogP contribution >= 0.6 is 11.6 Å². The number of halogens is 1. The second kappa shape index (κ2) is 8.42. The Morgan fingerprint density at radius 2 is 1.80 bits per heavy atom. The van der Waals surface area contributed by atoms with Crippen LogP contribution in [0.3, 0.4) is 0 Å². The van der Waals surface area contributed by atoms with Crippen LogP contribution in [0, 0.1) is 0 Å². The third-order valence-corrected chi connectivity index (χ3v) is 5.67. The summed E-state index contributed by atoms with van der Waals surface area (Å²) >= 11 is 6.35. The fourth-order valence-corrected chi connectivity index (χ4v) is 3.84. The Hall–Kier alpha value is -2.96. The van der Waals surface area contributed by atoms with Gasteiger partial charge in [-0.15, -0.1) is 0 Å². The van der Waals surface area contributed by atoms with Crippen LogP contribution in [-0.4, -0.2) is 35.9 Å². The first-order chi connectivity index (χ1) is 14.5. The first-order valence-electron chi connectivity index (χ1n) is 9.76. The number of aromatic carboxylic acids is 1. The monoisotopic (exact) mass is 424 g/mol. The predicted octanol–water partition coefficient (Wildman–Crippen LogP) is 4.29. The van der Waals surface area contributed by atoms with Crippen molar-refractivity contribution in [2.45, 2.75) is 25.2 Å². The van der Waals surface area contributed by atoms with Crippen LogP contribution in [0.2, 0.25) is 5.02 Å². The maximum Gasteiger partial charge on any atom is 0.335 e. The molecule has 7 heteroatoms. The van der Waals surface area contributed by atoms with Gasteiger partial charge in [0.2, 0.25) is 0 Å². The van der Waals surface area contributed by atoms with Crippen molar-refractivity contribution in [1.82, 2.24) is 0 Å². The fraction of sp³-hybridized carbons (Fsp3) is 0.261. The van der Waals surface area contributed by atoms with Crippen molar-refractivity contribution >= 4 is 34.9 Å². The van der Waals surface area contributed by atoms with Crippen molar-refractivity contribution in [3.63, 3.8) is 0 Å². The van der Waals surface area contributed by atoms with Crippen molar-refractivity contribution in [3.05, 3.63) is 75.3 Å². The van der Waals surface area contributed by atoms with Gasteiger partial charge in [0, 0.05) is 17.7 Å². The van der Waals surface area contributed by atoms with Gasteiger partial charge >= 0.3 is 5.97 Å². The minimum atomic E-state index is -1.01. The number of carboxylic acids is 1. The molecule has 1 amide bonds. The Morgan fingerprint density at radius 3 is 2.47 bits per heavy atom. The number of hydrogen-bond donors (Lipinski definition) is 2. The molecule has 1 heterocycles. The number of hydrogen-bond acceptors (Lipinski definition) is 4. The molecule has 0 spiro atoms. The van der Waals surface area contributed by atoms with Crippen molar-refractivity contribution in [2.24, 2.45) is 10.7 Å². The minimum Gasteiger partial charge on any atom is -0.478 e. The van der Waals surface area contributed by atoms with E-state index in [1.165, 1.54) is 12.1 Å². The highest BCUT2D eigenvalue weighted by Crippen LogP contribution is 2.43. The number of rotatable bonds is 4. The lowest BCUT2D eigenvalue weighted by atomic mass is 9.98. The third kappa shape index (κ3) is 4.15. The number of ether oxygens (including phenoxy) is 1. The van der Waals surface area contributed by atoms with Gasteiger partial charge in [0.25, 0.3) is 5.91 Å². The molecule has 6 nitrogen and oxygen atoms in total. The van der Waals surface area contributed by atoms with Crippen molar-refractivity contribution < 1.29 is 19.4 Å². The SMILES string of the molecule is NC(=C1COCCC1=NC(=O)c1c(Cl)cccc1C1CC1)c1ccc(C(=O)O)cc1. The molecule has 0 radical (unpaired) electrons. The molecule has 1 saturated carbocycles. The Morgan fingerprint density at radius 1 is 1.10 bits per heavy atom. The largest absolute Gasteiger partial charge is 0.478 e. The van der Waals surface area contributed by atoms with Crippen molar-refractivity contribution in [3.8, 4) is 0 Å². The minimum absolute atomic E-state index is 0.173. The number of benzene rings is 2. The molecule has 154 valence electrons. The van der Waals surface area contributed by atoms with Gasteiger partial charge in [-0.2, -0.15) is 0 Å². The molecule has 1 aliphatic heterocycles. The lowest BCUT2D eigenvalue weighted by molar-refractivity contribution is 0.0696. The molecule has 0 atom stereocenters. The maximum atomic E-state index is 13.1. The molecular weight excluding hydrogens is 404 g/mol. The Bertz CT molecular complexity index is 1070. The van der Waals surface area contributed by atoms with Crippen molar-refractivity contribution in [1.29, 1.82) is 0 Å². The van der Waals surface area contributed by atoms with Crippen LogP contribution in [0.25, 0.3) is 5.70 Å². The van der Waals surface area contributed by atoms with Gasteiger partial charge in [0.15, 0.2) is 0 Å². The summed E-state index contributed by atoms with van der Waals surface area (Å²) in [6.45, 7) is 0.676. The zero-order valence-electron chi connectivity index (χ0n) is 16.2. The molecule has 2 aromatic carbocycles. The second-order valence-corrected chi connectivity index (χ2v) is 7.83. The van der Waals surface area contributed by atoms with Gasteiger partial charge in [0.05, 0.1) is 35.1 Å². The molecule has 2 aliphatic rings. The van der Waals surface area contributed by atoms with Crippen LogP contribution in [0.1, 0.15) is 57.0 Å². The van der Waals surface area contributed by atoms with Gasteiger partial charge in [-0.25, -0.2) is 9.79 Å². The van der Waals surface area contributed by atoms with Gasteiger partial charge in [-0.3, -0.25) is 4.79 Å². The highest BCUT2D eigenvalue weighted by atomic mass is 35.5. The standard InChI is InChI=1S/C23H21ClN2O4/c24-18-3-1-2-16(13-4-5-13)20(18)22(27)26-19-10-11-30-12-17(19)21(25)14-6-8-15(9-7-14)23(28)29/h1-3,6-9,13H,4-5,10-12,25H2,(H,28,29). The number of nitrogens with two attached hydrogens (primary N) is 1. The quantitative estimate of drug-likeness (QED) is 0.762. The molecular formula is C23H21ClN2O4. The number of amides is 1. The number of nitrogens with zero attached hydrogens (tertiary/aromatic N) is 1. The van der Waals surface area contributed by atoms with Crippen molar-refractivity contribution in [2.75, 3.05) is 13.2 Å². The number of carboxylic acid groups (broad SMARTS) is 1. The summed E-state index contributed by atoms with van der Waals surface area (Å²) in [7, 11) is 0. The van der Waals surface area contributed by atoms with Gasteiger partial charge < -0.3 is 15.6 Å². The summed E-state index contributed by atoms with van der Waals surface area (Å²) in [5.41, 5.74) is 10.2. The normalized spacial score (nSPS) is 19.6. The van der Waals surface area contributed by atoms with E-state index in [0.29, 0.717) is 52.1 Å². The van der Waals surface area contributed by atoms with E-state index in [1.807, 2.05) is 12.1 Å². The van der Waals surface area contributed by atoms with Crippen LogP contribution < -0.4 is 5.73 Å². The lowest BCUT2D eigenvalue weighted by Crippen LogP contribution is -2.24. The van der Waals surface area contributed by atoms with Crippen LogP contribution in [0.4, 0.5) is 0 Å². The molecule has 1 aliphatic carbocycles. The van der Waals surface area contributed by atoms with E-state index < -0.39 is 5.97 Å². The number of carbonyl (C=O) groups excluding carboxylic acids is 1. The lowest BCUT2D eigenvalue weighted by Gasteiger charge is -2.20. The molecule has 2 aromatic rings. The van der Waals surface area contributed by atoms with E-state index in [0.717, 1.165) is 18.4 Å². The highest BCUT2D eigenvalue weighted by Gasteiger charge is 2.30. The summed E-state index contributed by atoms with van der Waals surface area (Å²) < 4.78 is 5.55. The number of carbonyl (C=O) groups is 2. The van der Waals surface area contributed by atoms with E-state index in [9.17, 15) is 9.59 Å². The first-order valence-corrected chi connectivity index (χ1v) is 10.1. The van der Waals surface area contributed by atoms with E-state index in [1.54, 1.807) is 18.2 Å². The molecule has 0 aromatic heterocycles. The zero-order chi connectivity index (χ0) is 21.3. The molecule has 0 bridgehead atoms. The van der Waals surface area contributed by atoms with E-state index >= 15 is 0 Å².